The van der Waals surface area contributed by atoms with Crippen LogP contribution in [-0.2, 0) is 4.79 Å². The molecule has 4 nitrogen and oxygen atoms in total. The number of nitrogens with two attached hydrogens (primary N) is 1. The Morgan fingerprint density at radius 2 is 1.85 bits per heavy atom. The lowest BCUT2D eigenvalue weighted by Crippen LogP contribution is -2.40. The zero-order valence-electron chi connectivity index (χ0n) is 18.8. The third kappa shape index (κ3) is 25.1. The van der Waals surface area contributed by atoms with E-state index in [1.165, 1.54) is 32.1 Å². The Balaban J connectivity index is -0.000000316. The molecule has 2 unspecified atom stereocenters. The maximum absolute atomic E-state index is 11.0. The van der Waals surface area contributed by atoms with E-state index in [9.17, 15) is 4.79 Å². The SMILES string of the molecule is C/C=C/CNC(=O)C(C)NC.CC.CC(C)N.CCCC1CC=CCC1. The number of rotatable bonds is 6. The molecule has 0 saturated heterocycles. The van der Waals surface area contributed by atoms with Crippen LogP contribution in [0.3, 0.4) is 0 Å². The zero-order chi connectivity index (χ0) is 20.8. The summed E-state index contributed by atoms with van der Waals surface area (Å²) in [6.45, 7) is 14.5. The molecule has 0 radical (unpaired) electrons. The highest BCUT2D eigenvalue weighted by atomic mass is 16.2. The van der Waals surface area contributed by atoms with Crippen molar-refractivity contribution in [2.75, 3.05) is 13.6 Å². The van der Waals surface area contributed by atoms with Gasteiger partial charge >= 0.3 is 0 Å². The highest BCUT2D eigenvalue weighted by Gasteiger charge is 2.07. The number of likely N-dealkylation sites (N-methyl/N-ethyl adjacent to an activating group) is 1. The third-order valence-corrected chi connectivity index (χ3v) is 3.53. The molecule has 0 aliphatic heterocycles. The van der Waals surface area contributed by atoms with Crippen LogP contribution in [0.15, 0.2) is 24.3 Å². The van der Waals surface area contributed by atoms with Gasteiger partial charge in [-0.25, -0.2) is 0 Å². The first kappa shape index (κ1) is 29.6. The van der Waals surface area contributed by atoms with Crippen LogP contribution in [0.25, 0.3) is 0 Å². The molecule has 0 spiro atoms. The maximum atomic E-state index is 11.0. The van der Waals surface area contributed by atoms with Gasteiger partial charge in [-0.2, -0.15) is 0 Å². The largest absolute Gasteiger partial charge is 0.351 e. The monoisotopic (exact) mass is 369 g/mol. The summed E-state index contributed by atoms with van der Waals surface area (Å²) < 4.78 is 0. The number of carbonyl (C=O) groups is 1. The summed E-state index contributed by atoms with van der Waals surface area (Å²) in [7, 11) is 1.76. The highest BCUT2D eigenvalue weighted by Crippen LogP contribution is 2.22. The normalized spacial score (nSPS) is 16.5. The summed E-state index contributed by atoms with van der Waals surface area (Å²) in [5, 5.41) is 5.60. The van der Waals surface area contributed by atoms with E-state index >= 15 is 0 Å². The molecule has 1 rings (SSSR count). The molecule has 2 atom stereocenters. The second-order valence-electron chi connectivity index (χ2n) is 6.51. The van der Waals surface area contributed by atoms with E-state index in [-0.39, 0.29) is 11.9 Å². The smallest absolute Gasteiger partial charge is 0.237 e. The highest BCUT2D eigenvalue weighted by molar-refractivity contribution is 5.81. The van der Waals surface area contributed by atoms with Crippen molar-refractivity contribution in [2.45, 2.75) is 92.7 Å². The molecule has 26 heavy (non-hydrogen) atoms. The fourth-order valence-electron chi connectivity index (χ4n) is 2.09. The van der Waals surface area contributed by atoms with Gasteiger partial charge in [0.05, 0.1) is 6.04 Å². The summed E-state index contributed by atoms with van der Waals surface area (Å²) >= 11 is 0. The third-order valence-electron chi connectivity index (χ3n) is 3.53. The topological polar surface area (TPSA) is 67.2 Å². The predicted octanol–water partition coefficient (Wildman–Crippen LogP) is 4.81. The Labute approximate surface area is 164 Å². The molecule has 1 aliphatic rings. The number of nitrogens with one attached hydrogen (secondary N) is 2. The zero-order valence-corrected chi connectivity index (χ0v) is 18.8. The van der Waals surface area contributed by atoms with Crippen molar-refractivity contribution in [3.8, 4) is 0 Å². The quantitative estimate of drug-likeness (QED) is 0.589. The van der Waals surface area contributed by atoms with Crippen LogP contribution in [0.4, 0.5) is 0 Å². The van der Waals surface area contributed by atoms with Gasteiger partial charge in [-0.05, 0) is 52.1 Å². The molecule has 156 valence electrons. The number of hydrogen-bond donors (Lipinski definition) is 3. The fraction of sp³-hybridized carbons (Fsp3) is 0.773. The summed E-state index contributed by atoms with van der Waals surface area (Å²) in [6.07, 6.45) is 15.4. The van der Waals surface area contributed by atoms with Crippen LogP contribution >= 0.6 is 0 Å². The minimum absolute atomic E-state index is 0.0330. The van der Waals surface area contributed by atoms with Crippen molar-refractivity contribution >= 4 is 5.91 Å². The Bertz CT molecular complexity index is 336. The van der Waals surface area contributed by atoms with Gasteiger partial charge < -0.3 is 16.4 Å². The lowest BCUT2D eigenvalue weighted by molar-refractivity contribution is -0.122. The molecule has 4 N–H and O–H groups in total. The Kier molecular flexibility index (Phi) is 27.2. The van der Waals surface area contributed by atoms with Crippen molar-refractivity contribution in [1.29, 1.82) is 0 Å². The van der Waals surface area contributed by atoms with E-state index in [4.69, 9.17) is 5.73 Å². The van der Waals surface area contributed by atoms with E-state index < -0.39 is 0 Å². The molecule has 1 amide bonds. The lowest BCUT2D eigenvalue weighted by atomic mass is 9.91. The summed E-state index contributed by atoms with van der Waals surface area (Å²) in [5.41, 5.74) is 5.11. The van der Waals surface area contributed by atoms with E-state index in [0.29, 0.717) is 12.6 Å². The van der Waals surface area contributed by atoms with Crippen LogP contribution in [0.1, 0.15) is 80.6 Å². The Morgan fingerprint density at radius 1 is 1.27 bits per heavy atom. The number of allylic oxidation sites excluding steroid dienone is 3. The standard InChI is InChI=1S/C9H16.C8H16N2O.C3H9N.C2H6/c1-2-6-9-7-4-3-5-8-9;1-4-5-6-10-8(11)7(2)9-3;1-3(2)4;1-2/h3-4,9H,2,5-8H2,1H3;4-5,7,9H,6H2,1-3H3,(H,10,11);3H,4H2,1-2H3;1-2H3/b;5-4+;;. The van der Waals surface area contributed by atoms with E-state index in [1.54, 1.807) is 7.05 Å². The molecular weight excluding hydrogens is 322 g/mol. The van der Waals surface area contributed by atoms with Gasteiger partial charge in [-0.3, -0.25) is 4.79 Å². The first-order valence-corrected chi connectivity index (χ1v) is 10.4. The number of hydrogen-bond acceptors (Lipinski definition) is 3. The molecular formula is C22H47N3O. The van der Waals surface area contributed by atoms with E-state index in [0.717, 1.165) is 5.92 Å². The van der Waals surface area contributed by atoms with E-state index in [2.05, 4.69) is 29.7 Å². The van der Waals surface area contributed by atoms with Gasteiger partial charge in [-0.1, -0.05) is 71.8 Å². The van der Waals surface area contributed by atoms with Gasteiger partial charge in [0.1, 0.15) is 0 Å². The molecule has 1 aliphatic carbocycles. The number of amides is 1. The summed E-state index contributed by atoms with van der Waals surface area (Å²) in [6, 6.07) is 0.222. The van der Waals surface area contributed by atoms with Crippen LogP contribution in [0.5, 0.6) is 0 Å². The van der Waals surface area contributed by atoms with Crippen LogP contribution in [-0.4, -0.2) is 31.6 Å². The van der Waals surface area contributed by atoms with E-state index in [1.807, 2.05) is 53.7 Å². The van der Waals surface area contributed by atoms with Crippen molar-refractivity contribution < 1.29 is 4.79 Å². The molecule has 0 aromatic heterocycles. The summed E-state index contributed by atoms with van der Waals surface area (Å²) in [5.74, 6) is 1.05. The second-order valence-corrected chi connectivity index (χ2v) is 6.51. The summed E-state index contributed by atoms with van der Waals surface area (Å²) in [4.78, 5) is 11.0. The fourth-order valence-corrected chi connectivity index (χ4v) is 2.09. The molecule has 0 heterocycles. The molecule has 4 heteroatoms. The first-order chi connectivity index (χ1) is 12.4. The van der Waals surface area contributed by atoms with Gasteiger partial charge in [0, 0.05) is 6.54 Å². The molecule has 0 saturated carbocycles. The van der Waals surface area contributed by atoms with Crippen molar-refractivity contribution in [3.63, 3.8) is 0 Å². The molecule has 0 fully saturated rings. The average molecular weight is 370 g/mol. The maximum Gasteiger partial charge on any atom is 0.237 e. The van der Waals surface area contributed by atoms with Crippen LogP contribution in [0.2, 0.25) is 0 Å². The van der Waals surface area contributed by atoms with Crippen molar-refractivity contribution in [1.82, 2.24) is 10.6 Å². The molecule has 0 bridgehead atoms. The minimum Gasteiger partial charge on any atom is -0.351 e. The predicted molar refractivity (Wildman–Crippen MR) is 118 cm³/mol. The molecule has 0 aromatic rings. The van der Waals surface area contributed by atoms with Crippen LogP contribution in [0, 0.1) is 5.92 Å². The Morgan fingerprint density at radius 3 is 2.23 bits per heavy atom. The van der Waals surface area contributed by atoms with Crippen molar-refractivity contribution in [2.24, 2.45) is 11.7 Å². The van der Waals surface area contributed by atoms with Gasteiger partial charge in [0.15, 0.2) is 0 Å². The molecule has 0 aromatic carbocycles. The minimum atomic E-state index is -0.111. The lowest BCUT2D eigenvalue weighted by Gasteiger charge is -2.15. The van der Waals surface area contributed by atoms with Gasteiger partial charge in [0.25, 0.3) is 0 Å². The van der Waals surface area contributed by atoms with Crippen LogP contribution < -0.4 is 16.4 Å². The van der Waals surface area contributed by atoms with Crippen molar-refractivity contribution in [3.05, 3.63) is 24.3 Å². The second kappa shape index (κ2) is 23.9. The number of carbonyl (C=O) groups excluding carboxylic acids is 1. The van der Waals surface area contributed by atoms with Gasteiger partial charge in [0.2, 0.25) is 5.91 Å². The Hall–Kier alpha value is -1.13. The first-order valence-electron chi connectivity index (χ1n) is 10.4. The van der Waals surface area contributed by atoms with Gasteiger partial charge in [-0.15, -0.1) is 0 Å². The average Bonchev–Trinajstić information content (AvgIpc) is 2.64.